The molecule has 0 saturated carbocycles. The molecule has 0 radical (unpaired) electrons. The first-order valence-corrected chi connectivity index (χ1v) is 10.8. The van der Waals surface area contributed by atoms with Gasteiger partial charge in [-0.05, 0) is 29.8 Å². The molecule has 8 nitrogen and oxygen atoms in total. The number of benzene rings is 2. The van der Waals surface area contributed by atoms with Gasteiger partial charge in [-0.25, -0.2) is 22.8 Å². The van der Waals surface area contributed by atoms with Crippen molar-refractivity contribution in [3.8, 4) is 0 Å². The van der Waals surface area contributed by atoms with Crippen LogP contribution in [0.15, 0.2) is 61.1 Å². The summed E-state index contributed by atoms with van der Waals surface area (Å²) in [4.78, 5) is 21.2. The maximum Gasteiger partial charge on any atom is 0.236 e. The molecule has 0 amide bonds. The Labute approximate surface area is 177 Å². The number of ketones is 1. The smallest absolute Gasteiger partial charge is 0.236 e. The fourth-order valence-corrected chi connectivity index (χ4v) is 4.49. The molecule has 0 saturated heterocycles. The standard InChI is InChI=1S/C21H18FN5O3S/c1-27-10-17(18-20(23)24-12-25-21(18)27)19(28)14-3-2-4-16(9-14)26-31(29,30)11-13-5-7-15(22)8-6-13/h2-10,12,26H,11H2,1H3,(H2,23,24,25). The Balaban J connectivity index is 1.61. The van der Waals surface area contributed by atoms with Crippen LogP contribution in [0.4, 0.5) is 15.9 Å². The molecule has 10 heteroatoms. The number of anilines is 2. The number of hydrogen-bond acceptors (Lipinski definition) is 6. The quantitative estimate of drug-likeness (QED) is 0.446. The van der Waals surface area contributed by atoms with E-state index in [0.717, 1.165) is 0 Å². The van der Waals surface area contributed by atoms with E-state index in [-0.39, 0.29) is 28.6 Å². The number of nitrogens with one attached hydrogen (secondary N) is 1. The molecule has 3 N–H and O–H groups in total. The Morgan fingerprint density at radius 2 is 1.90 bits per heavy atom. The summed E-state index contributed by atoms with van der Waals surface area (Å²) in [5, 5.41) is 0.442. The largest absolute Gasteiger partial charge is 0.383 e. The van der Waals surface area contributed by atoms with Crippen LogP contribution < -0.4 is 10.5 Å². The third-order valence-electron chi connectivity index (χ3n) is 4.70. The molecule has 2 aromatic heterocycles. The topological polar surface area (TPSA) is 120 Å². The van der Waals surface area contributed by atoms with Crippen molar-refractivity contribution in [2.24, 2.45) is 7.05 Å². The number of aryl methyl sites for hydroxylation is 1. The molecule has 0 aliphatic heterocycles. The number of nitrogens with two attached hydrogens (primary N) is 1. The maximum absolute atomic E-state index is 13.1. The van der Waals surface area contributed by atoms with Crippen molar-refractivity contribution in [3.63, 3.8) is 0 Å². The summed E-state index contributed by atoms with van der Waals surface area (Å²) in [6, 6.07) is 11.4. The molecule has 2 heterocycles. The molecule has 4 aromatic rings. The molecule has 0 aliphatic carbocycles. The van der Waals surface area contributed by atoms with Crippen LogP contribution in [0, 0.1) is 5.82 Å². The van der Waals surface area contributed by atoms with Crippen LogP contribution in [0.3, 0.4) is 0 Å². The van der Waals surface area contributed by atoms with Crippen LogP contribution in [-0.4, -0.2) is 28.7 Å². The zero-order valence-corrected chi connectivity index (χ0v) is 17.2. The van der Waals surface area contributed by atoms with Crippen molar-refractivity contribution in [1.82, 2.24) is 14.5 Å². The van der Waals surface area contributed by atoms with Crippen LogP contribution in [-0.2, 0) is 22.8 Å². The summed E-state index contributed by atoms with van der Waals surface area (Å²) >= 11 is 0. The van der Waals surface area contributed by atoms with Gasteiger partial charge in [0.05, 0.1) is 16.7 Å². The summed E-state index contributed by atoms with van der Waals surface area (Å²) < 4.78 is 42.2. The molecule has 158 valence electrons. The van der Waals surface area contributed by atoms with Gasteiger partial charge in [0.1, 0.15) is 23.6 Å². The molecule has 0 unspecified atom stereocenters. The first-order valence-electron chi connectivity index (χ1n) is 9.19. The predicted octanol–water partition coefficient (Wildman–Crippen LogP) is 2.86. The van der Waals surface area contributed by atoms with Crippen LogP contribution in [0.25, 0.3) is 11.0 Å². The number of sulfonamides is 1. The van der Waals surface area contributed by atoms with Gasteiger partial charge in [-0.1, -0.05) is 24.3 Å². The van der Waals surface area contributed by atoms with Gasteiger partial charge < -0.3 is 10.3 Å². The second-order valence-electron chi connectivity index (χ2n) is 7.01. The Morgan fingerprint density at radius 3 is 2.65 bits per heavy atom. The highest BCUT2D eigenvalue weighted by Gasteiger charge is 2.20. The summed E-state index contributed by atoms with van der Waals surface area (Å²) in [5.41, 5.74) is 7.74. The minimum atomic E-state index is -3.77. The van der Waals surface area contributed by atoms with Gasteiger partial charge in [0.2, 0.25) is 10.0 Å². The lowest BCUT2D eigenvalue weighted by molar-refractivity contribution is 0.104. The van der Waals surface area contributed by atoms with Gasteiger partial charge >= 0.3 is 0 Å². The Bertz CT molecular complexity index is 1400. The monoisotopic (exact) mass is 439 g/mol. The van der Waals surface area contributed by atoms with Crippen molar-refractivity contribution >= 4 is 38.3 Å². The molecule has 0 aliphatic rings. The van der Waals surface area contributed by atoms with E-state index in [1.807, 2.05) is 0 Å². The summed E-state index contributed by atoms with van der Waals surface area (Å²) in [6.07, 6.45) is 2.94. The number of carbonyl (C=O) groups is 1. The summed E-state index contributed by atoms with van der Waals surface area (Å²) in [7, 11) is -2.03. The highest BCUT2D eigenvalue weighted by atomic mass is 32.2. The molecule has 0 fully saturated rings. The van der Waals surface area contributed by atoms with Gasteiger partial charge in [0, 0.05) is 24.5 Å². The number of nitrogens with zero attached hydrogens (tertiary/aromatic N) is 3. The number of fused-ring (bicyclic) bond motifs is 1. The molecule has 31 heavy (non-hydrogen) atoms. The summed E-state index contributed by atoms with van der Waals surface area (Å²) in [5.74, 6) is -0.931. The maximum atomic E-state index is 13.1. The molecular weight excluding hydrogens is 421 g/mol. The summed E-state index contributed by atoms with van der Waals surface area (Å²) in [6.45, 7) is 0. The minimum absolute atomic E-state index is 0.185. The van der Waals surface area contributed by atoms with E-state index in [1.165, 1.54) is 36.7 Å². The third-order valence-corrected chi connectivity index (χ3v) is 5.96. The van der Waals surface area contributed by atoms with Gasteiger partial charge in [-0.2, -0.15) is 0 Å². The number of rotatable bonds is 6. The molecule has 0 spiro atoms. The average Bonchev–Trinajstić information content (AvgIpc) is 3.07. The lowest BCUT2D eigenvalue weighted by Crippen LogP contribution is -2.15. The van der Waals surface area contributed by atoms with Crippen molar-refractivity contribution in [2.75, 3.05) is 10.5 Å². The molecule has 2 aromatic carbocycles. The molecule has 0 atom stereocenters. The van der Waals surface area contributed by atoms with E-state index in [0.29, 0.717) is 22.2 Å². The normalized spacial score (nSPS) is 11.5. The van der Waals surface area contributed by atoms with Crippen LogP contribution in [0.1, 0.15) is 21.5 Å². The van der Waals surface area contributed by atoms with Gasteiger partial charge in [-0.3, -0.25) is 9.52 Å². The average molecular weight is 439 g/mol. The van der Waals surface area contributed by atoms with Crippen molar-refractivity contribution in [2.45, 2.75) is 5.75 Å². The lowest BCUT2D eigenvalue weighted by atomic mass is 10.0. The van der Waals surface area contributed by atoms with E-state index in [2.05, 4.69) is 14.7 Å². The highest BCUT2D eigenvalue weighted by molar-refractivity contribution is 7.91. The fraction of sp³-hybridized carbons (Fsp3) is 0.0952. The number of nitrogen functional groups attached to an aromatic ring is 1. The number of carbonyl (C=O) groups excluding carboxylic acids is 1. The SMILES string of the molecule is Cn1cc(C(=O)c2cccc(NS(=O)(=O)Cc3ccc(F)cc3)c2)c2c(N)ncnc21. The Morgan fingerprint density at radius 1 is 1.16 bits per heavy atom. The zero-order chi connectivity index (χ0) is 22.2. The first kappa shape index (κ1) is 20.5. The minimum Gasteiger partial charge on any atom is -0.383 e. The Hall–Kier alpha value is -3.79. The van der Waals surface area contributed by atoms with Gasteiger partial charge in [0.15, 0.2) is 5.78 Å². The third kappa shape index (κ3) is 4.24. The lowest BCUT2D eigenvalue weighted by Gasteiger charge is -2.09. The molecule has 4 rings (SSSR count). The van der Waals surface area contributed by atoms with Gasteiger partial charge in [0.25, 0.3) is 0 Å². The number of aromatic nitrogens is 3. The van der Waals surface area contributed by atoms with E-state index >= 15 is 0 Å². The van der Waals surface area contributed by atoms with Crippen molar-refractivity contribution in [1.29, 1.82) is 0 Å². The second kappa shape index (κ2) is 7.80. The van der Waals surface area contributed by atoms with Crippen LogP contribution in [0.5, 0.6) is 0 Å². The van der Waals surface area contributed by atoms with Gasteiger partial charge in [-0.15, -0.1) is 0 Å². The molecule has 0 bridgehead atoms. The second-order valence-corrected chi connectivity index (χ2v) is 8.73. The first-order chi connectivity index (χ1) is 14.7. The number of hydrogen-bond donors (Lipinski definition) is 2. The Kier molecular flexibility index (Phi) is 5.15. The highest BCUT2D eigenvalue weighted by Crippen LogP contribution is 2.26. The predicted molar refractivity (Wildman–Crippen MR) is 115 cm³/mol. The van der Waals surface area contributed by atoms with Crippen molar-refractivity contribution < 1.29 is 17.6 Å². The van der Waals surface area contributed by atoms with E-state index in [9.17, 15) is 17.6 Å². The van der Waals surface area contributed by atoms with Crippen molar-refractivity contribution in [3.05, 3.63) is 83.6 Å². The zero-order valence-electron chi connectivity index (χ0n) is 16.4. The number of halogens is 1. The van der Waals surface area contributed by atoms with Crippen LogP contribution in [0.2, 0.25) is 0 Å². The fourth-order valence-electron chi connectivity index (χ4n) is 3.30. The molecular formula is C21H18FN5O3S. The van der Waals surface area contributed by atoms with E-state index in [1.54, 1.807) is 36.0 Å². The van der Waals surface area contributed by atoms with E-state index < -0.39 is 15.8 Å². The van der Waals surface area contributed by atoms with E-state index in [4.69, 9.17) is 5.73 Å². The van der Waals surface area contributed by atoms with Crippen LogP contribution >= 0.6 is 0 Å².